The van der Waals surface area contributed by atoms with Gasteiger partial charge in [0.25, 0.3) is 0 Å². The van der Waals surface area contributed by atoms with E-state index >= 15 is 0 Å². The van der Waals surface area contributed by atoms with Crippen molar-refractivity contribution in [3.05, 3.63) is 82.9 Å². The first-order valence-corrected chi connectivity index (χ1v) is 7.64. The molecule has 2 aromatic carbocycles. The lowest BCUT2D eigenvalue weighted by atomic mass is 9.75. The van der Waals surface area contributed by atoms with Crippen molar-refractivity contribution in [2.75, 3.05) is 0 Å². The standard InChI is InChI=1S/C20H20N2/c1-3-15-13-19(16-9-5-4-6-10-16)17-11-7-8-12-18(17)20(15)22-14(2)21/h3-12,19,21H,13H2,1-2H3/b15-3-,21-14?,22-20?. The highest BCUT2D eigenvalue weighted by Gasteiger charge is 2.28. The van der Waals surface area contributed by atoms with Crippen LogP contribution >= 0.6 is 0 Å². The van der Waals surface area contributed by atoms with Gasteiger partial charge in [0.1, 0.15) is 5.84 Å². The number of nitrogens with zero attached hydrogens (tertiary/aromatic N) is 1. The third-order valence-corrected chi connectivity index (χ3v) is 4.15. The minimum Gasteiger partial charge on any atom is -0.287 e. The summed E-state index contributed by atoms with van der Waals surface area (Å²) in [7, 11) is 0. The summed E-state index contributed by atoms with van der Waals surface area (Å²) < 4.78 is 0. The minimum absolute atomic E-state index is 0.349. The molecular weight excluding hydrogens is 268 g/mol. The number of hydrogen-bond donors (Lipinski definition) is 1. The quantitative estimate of drug-likeness (QED) is 0.569. The van der Waals surface area contributed by atoms with Crippen molar-refractivity contribution in [2.24, 2.45) is 4.99 Å². The van der Waals surface area contributed by atoms with Crippen LogP contribution in [0.15, 0.2) is 71.2 Å². The Morgan fingerprint density at radius 1 is 1.09 bits per heavy atom. The molecule has 0 heterocycles. The second-order valence-corrected chi connectivity index (χ2v) is 5.61. The van der Waals surface area contributed by atoms with Gasteiger partial charge in [0.2, 0.25) is 0 Å². The van der Waals surface area contributed by atoms with Gasteiger partial charge < -0.3 is 0 Å². The maximum Gasteiger partial charge on any atom is 0.118 e. The fourth-order valence-corrected chi connectivity index (χ4v) is 3.15. The zero-order valence-electron chi connectivity index (χ0n) is 13.0. The molecule has 22 heavy (non-hydrogen) atoms. The molecule has 0 aliphatic heterocycles. The summed E-state index contributed by atoms with van der Waals surface area (Å²) in [5.41, 5.74) is 5.97. The van der Waals surface area contributed by atoms with Crippen molar-refractivity contribution in [3.63, 3.8) is 0 Å². The molecule has 0 amide bonds. The highest BCUT2D eigenvalue weighted by Crippen LogP contribution is 2.39. The van der Waals surface area contributed by atoms with Crippen LogP contribution in [0.25, 0.3) is 0 Å². The van der Waals surface area contributed by atoms with Gasteiger partial charge in [-0.1, -0.05) is 60.7 Å². The average molecular weight is 288 g/mol. The maximum atomic E-state index is 7.74. The second kappa shape index (κ2) is 6.10. The van der Waals surface area contributed by atoms with Gasteiger partial charge in [0.05, 0.1) is 5.71 Å². The van der Waals surface area contributed by atoms with E-state index in [0.717, 1.165) is 17.7 Å². The number of nitrogens with one attached hydrogen (secondary N) is 1. The van der Waals surface area contributed by atoms with Gasteiger partial charge >= 0.3 is 0 Å². The van der Waals surface area contributed by atoms with Crippen LogP contribution in [-0.2, 0) is 0 Å². The van der Waals surface area contributed by atoms with Crippen LogP contribution in [0.4, 0.5) is 0 Å². The number of allylic oxidation sites excluding steroid dienone is 2. The number of hydrogen-bond acceptors (Lipinski definition) is 1. The molecule has 0 bridgehead atoms. The molecule has 0 aromatic heterocycles. The zero-order chi connectivity index (χ0) is 15.5. The van der Waals surface area contributed by atoms with E-state index in [1.165, 1.54) is 16.7 Å². The fraction of sp³-hybridized carbons (Fsp3) is 0.200. The summed E-state index contributed by atoms with van der Waals surface area (Å²) in [6.07, 6.45) is 3.07. The third-order valence-electron chi connectivity index (χ3n) is 4.15. The lowest BCUT2D eigenvalue weighted by Crippen LogP contribution is -2.20. The first kappa shape index (κ1) is 14.5. The molecule has 1 atom stereocenters. The summed E-state index contributed by atoms with van der Waals surface area (Å²) in [4.78, 5) is 4.49. The number of fused-ring (bicyclic) bond motifs is 1. The Kier molecular flexibility index (Phi) is 4.01. The Hall–Kier alpha value is -2.48. The third kappa shape index (κ3) is 2.64. The predicted molar refractivity (Wildman–Crippen MR) is 93.0 cm³/mol. The molecule has 0 saturated carbocycles. The smallest absolute Gasteiger partial charge is 0.118 e. The summed E-state index contributed by atoms with van der Waals surface area (Å²) in [5.74, 6) is 0.705. The highest BCUT2D eigenvalue weighted by molar-refractivity contribution is 6.18. The van der Waals surface area contributed by atoms with Crippen LogP contribution in [0, 0.1) is 5.41 Å². The molecule has 3 rings (SSSR count). The van der Waals surface area contributed by atoms with Crippen molar-refractivity contribution >= 4 is 11.5 Å². The van der Waals surface area contributed by atoms with Crippen LogP contribution in [0.5, 0.6) is 0 Å². The maximum absolute atomic E-state index is 7.74. The number of amidine groups is 1. The Balaban J connectivity index is 2.19. The molecule has 110 valence electrons. The number of rotatable bonds is 1. The Labute approximate surface area is 131 Å². The monoisotopic (exact) mass is 288 g/mol. The number of benzene rings is 2. The van der Waals surface area contributed by atoms with Crippen LogP contribution in [0.1, 0.15) is 42.9 Å². The molecule has 1 aliphatic carbocycles. The molecule has 0 saturated heterocycles. The minimum atomic E-state index is 0.349. The molecule has 2 aromatic rings. The topological polar surface area (TPSA) is 36.2 Å². The molecule has 0 radical (unpaired) electrons. The molecular formula is C20H20N2. The van der Waals surface area contributed by atoms with Gasteiger partial charge in [0, 0.05) is 11.5 Å². The van der Waals surface area contributed by atoms with Gasteiger partial charge in [-0.3, -0.25) is 5.41 Å². The molecule has 2 nitrogen and oxygen atoms in total. The van der Waals surface area contributed by atoms with Crippen LogP contribution in [-0.4, -0.2) is 11.5 Å². The van der Waals surface area contributed by atoms with E-state index in [1.807, 2.05) is 6.07 Å². The van der Waals surface area contributed by atoms with Crippen LogP contribution < -0.4 is 0 Å². The van der Waals surface area contributed by atoms with Crippen molar-refractivity contribution in [1.29, 1.82) is 5.41 Å². The molecule has 0 spiro atoms. The lowest BCUT2D eigenvalue weighted by molar-refractivity contribution is 0.797. The van der Waals surface area contributed by atoms with E-state index in [2.05, 4.69) is 66.5 Å². The molecule has 2 heteroatoms. The Bertz CT molecular complexity index is 754. The van der Waals surface area contributed by atoms with Gasteiger partial charge in [-0.05, 0) is 37.0 Å². The molecule has 1 unspecified atom stereocenters. The molecule has 1 N–H and O–H groups in total. The van der Waals surface area contributed by atoms with Crippen LogP contribution in [0.3, 0.4) is 0 Å². The Morgan fingerprint density at radius 3 is 2.45 bits per heavy atom. The molecule has 1 aliphatic rings. The SMILES string of the molecule is C/C=C1/CC(c2ccccc2)c2ccccc2C1=NC(C)=N. The lowest BCUT2D eigenvalue weighted by Gasteiger charge is -2.29. The van der Waals surface area contributed by atoms with Crippen LogP contribution in [0.2, 0.25) is 0 Å². The van der Waals surface area contributed by atoms with Gasteiger partial charge in [-0.25, -0.2) is 4.99 Å². The highest BCUT2D eigenvalue weighted by atomic mass is 14.8. The van der Waals surface area contributed by atoms with Crippen molar-refractivity contribution < 1.29 is 0 Å². The second-order valence-electron chi connectivity index (χ2n) is 5.61. The first-order valence-electron chi connectivity index (χ1n) is 7.64. The largest absolute Gasteiger partial charge is 0.287 e. The summed E-state index contributed by atoms with van der Waals surface area (Å²) in [6, 6.07) is 19.1. The van der Waals surface area contributed by atoms with Gasteiger partial charge in [-0.15, -0.1) is 0 Å². The fourth-order valence-electron chi connectivity index (χ4n) is 3.15. The zero-order valence-corrected chi connectivity index (χ0v) is 13.0. The van der Waals surface area contributed by atoms with E-state index in [-0.39, 0.29) is 0 Å². The van der Waals surface area contributed by atoms with E-state index in [4.69, 9.17) is 5.41 Å². The van der Waals surface area contributed by atoms with Gasteiger partial charge in [0.15, 0.2) is 0 Å². The number of aliphatic imine (C=N–C) groups is 1. The average Bonchev–Trinajstić information content (AvgIpc) is 2.55. The normalized spacial score (nSPS) is 20.9. The predicted octanol–water partition coefficient (Wildman–Crippen LogP) is 4.95. The van der Waals surface area contributed by atoms with E-state index < -0.39 is 0 Å². The van der Waals surface area contributed by atoms with E-state index in [9.17, 15) is 0 Å². The Morgan fingerprint density at radius 2 is 1.77 bits per heavy atom. The van der Waals surface area contributed by atoms with E-state index in [0.29, 0.717) is 11.8 Å². The first-order chi connectivity index (χ1) is 10.7. The van der Waals surface area contributed by atoms with Crippen molar-refractivity contribution in [3.8, 4) is 0 Å². The van der Waals surface area contributed by atoms with Crippen molar-refractivity contribution in [1.82, 2.24) is 0 Å². The summed E-state index contributed by atoms with van der Waals surface area (Å²) in [5, 5.41) is 7.74. The van der Waals surface area contributed by atoms with E-state index in [1.54, 1.807) is 6.92 Å². The van der Waals surface area contributed by atoms with Gasteiger partial charge in [-0.2, -0.15) is 0 Å². The molecule has 0 fully saturated rings. The summed E-state index contributed by atoms with van der Waals surface area (Å²) in [6.45, 7) is 3.78. The van der Waals surface area contributed by atoms with Crippen molar-refractivity contribution in [2.45, 2.75) is 26.2 Å². The summed E-state index contributed by atoms with van der Waals surface area (Å²) >= 11 is 0.